The van der Waals surface area contributed by atoms with E-state index >= 15 is 0 Å². The summed E-state index contributed by atoms with van der Waals surface area (Å²) < 4.78 is 32.5. The van der Waals surface area contributed by atoms with E-state index in [9.17, 15) is 8.42 Å². The second-order valence-electron chi connectivity index (χ2n) is 3.55. The minimum atomic E-state index is -3.76. The number of halogens is 1. The van der Waals surface area contributed by atoms with Crippen molar-refractivity contribution in [1.29, 1.82) is 0 Å². The molecule has 100 valence electrons. The molecule has 1 heterocycles. The second-order valence-corrected chi connectivity index (χ2v) is 6.11. The number of pyridine rings is 1. The quantitative estimate of drug-likeness (QED) is 0.812. The minimum absolute atomic E-state index is 0.0729. The Hall–Kier alpha value is -1.79. The number of rotatable bonds is 4. The lowest BCUT2D eigenvalue weighted by Gasteiger charge is -2.05. The molecular formula is C12H10ClNO4S. The zero-order valence-electron chi connectivity index (χ0n) is 9.91. The van der Waals surface area contributed by atoms with Crippen molar-refractivity contribution in [3.05, 3.63) is 42.6 Å². The van der Waals surface area contributed by atoms with Crippen LogP contribution in [0.4, 0.5) is 0 Å². The first-order valence-electron chi connectivity index (χ1n) is 5.21. The van der Waals surface area contributed by atoms with Crippen LogP contribution < -0.4 is 9.47 Å². The highest BCUT2D eigenvalue weighted by Gasteiger charge is 2.10. The fourth-order valence-electron chi connectivity index (χ4n) is 1.34. The molecule has 0 saturated heterocycles. The van der Waals surface area contributed by atoms with Gasteiger partial charge in [0.15, 0.2) is 0 Å². The van der Waals surface area contributed by atoms with E-state index in [1.807, 2.05) is 0 Å². The molecule has 19 heavy (non-hydrogen) atoms. The van der Waals surface area contributed by atoms with Crippen molar-refractivity contribution < 1.29 is 17.9 Å². The van der Waals surface area contributed by atoms with Crippen molar-refractivity contribution in [1.82, 2.24) is 4.98 Å². The van der Waals surface area contributed by atoms with Gasteiger partial charge in [-0.3, -0.25) is 0 Å². The van der Waals surface area contributed by atoms with Crippen molar-refractivity contribution in [2.75, 3.05) is 7.11 Å². The first-order chi connectivity index (χ1) is 8.99. The topological polar surface area (TPSA) is 65.5 Å². The van der Waals surface area contributed by atoms with Gasteiger partial charge in [-0.2, -0.15) is 0 Å². The summed E-state index contributed by atoms with van der Waals surface area (Å²) in [5, 5.41) is 0. The summed E-state index contributed by atoms with van der Waals surface area (Å²) in [6.07, 6.45) is 1.14. The van der Waals surface area contributed by atoms with Gasteiger partial charge in [0.25, 0.3) is 9.05 Å². The van der Waals surface area contributed by atoms with Crippen LogP contribution in [-0.4, -0.2) is 20.5 Å². The van der Waals surface area contributed by atoms with Crippen molar-refractivity contribution in [3.63, 3.8) is 0 Å². The molecule has 7 heteroatoms. The Kier molecular flexibility index (Phi) is 3.92. The molecule has 0 fully saturated rings. The molecular weight excluding hydrogens is 290 g/mol. The van der Waals surface area contributed by atoms with Crippen molar-refractivity contribution >= 4 is 19.7 Å². The molecule has 2 aromatic rings. The van der Waals surface area contributed by atoms with Crippen LogP contribution in [0.5, 0.6) is 17.4 Å². The molecule has 0 N–H and O–H groups in total. The van der Waals surface area contributed by atoms with Crippen LogP contribution >= 0.6 is 10.7 Å². The van der Waals surface area contributed by atoms with Crippen molar-refractivity contribution in [3.8, 4) is 17.4 Å². The van der Waals surface area contributed by atoms with Gasteiger partial charge in [-0.05, 0) is 30.3 Å². The maximum absolute atomic E-state index is 11.0. The summed E-state index contributed by atoms with van der Waals surface area (Å²) in [5.74, 6) is 1.55. The molecule has 1 aromatic carbocycles. The number of ether oxygens (including phenoxy) is 2. The molecule has 0 unspecified atom stereocenters. The van der Waals surface area contributed by atoms with E-state index < -0.39 is 9.05 Å². The molecule has 1 aromatic heterocycles. The summed E-state index contributed by atoms with van der Waals surface area (Å²) >= 11 is 0. The van der Waals surface area contributed by atoms with E-state index in [4.69, 9.17) is 20.2 Å². The van der Waals surface area contributed by atoms with Crippen LogP contribution in [0.25, 0.3) is 0 Å². The third-order valence-electron chi connectivity index (χ3n) is 2.27. The third kappa shape index (κ3) is 3.59. The van der Waals surface area contributed by atoms with Crippen LogP contribution in [-0.2, 0) is 9.05 Å². The molecule has 0 aliphatic carbocycles. The third-order valence-corrected chi connectivity index (χ3v) is 3.61. The molecule has 0 saturated carbocycles. The van der Waals surface area contributed by atoms with Crippen molar-refractivity contribution in [2.45, 2.75) is 4.90 Å². The summed E-state index contributed by atoms with van der Waals surface area (Å²) in [6.45, 7) is 0. The van der Waals surface area contributed by atoms with Crippen LogP contribution in [0, 0.1) is 0 Å². The van der Waals surface area contributed by atoms with Gasteiger partial charge < -0.3 is 9.47 Å². The number of nitrogens with zero attached hydrogens (tertiary/aromatic N) is 1. The summed E-state index contributed by atoms with van der Waals surface area (Å²) in [6, 6.07) is 9.67. The summed E-state index contributed by atoms with van der Waals surface area (Å²) in [4.78, 5) is 3.79. The lowest BCUT2D eigenvalue weighted by molar-refractivity contribution is 0.412. The predicted molar refractivity (Wildman–Crippen MR) is 70.3 cm³/mol. The van der Waals surface area contributed by atoms with E-state index in [2.05, 4.69) is 4.98 Å². The first kappa shape index (κ1) is 13.6. The standard InChI is InChI=1S/C12H10ClNO4S/c1-17-9-2-4-10(5-3-9)18-12-7-6-11(8-14-12)19(13,15)16/h2-8H,1H3. The molecule has 0 radical (unpaired) electrons. The summed E-state index contributed by atoms with van der Waals surface area (Å²) in [7, 11) is 2.99. The monoisotopic (exact) mass is 299 g/mol. The lowest BCUT2D eigenvalue weighted by Crippen LogP contribution is -1.93. The number of hydrogen-bond acceptors (Lipinski definition) is 5. The van der Waals surface area contributed by atoms with Crippen LogP contribution in [0.2, 0.25) is 0 Å². The Labute approximate surface area is 115 Å². The minimum Gasteiger partial charge on any atom is -0.497 e. The number of benzene rings is 1. The Balaban J connectivity index is 2.15. The van der Waals surface area contributed by atoms with Gasteiger partial charge in [-0.1, -0.05) is 0 Å². The van der Waals surface area contributed by atoms with Gasteiger partial charge in [-0.15, -0.1) is 0 Å². The molecule has 0 spiro atoms. The molecule has 0 aliphatic heterocycles. The Morgan fingerprint density at radius 3 is 2.16 bits per heavy atom. The summed E-state index contributed by atoms with van der Waals surface area (Å²) in [5.41, 5.74) is 0. The van der Waals surface area contributed by atoms with Gasteiger partial charge in [0.2, 0.25) is 5.88 Å². The SMILES string of the molecule is COc1ccc(Oc2ccc(S(=O)(=O)Cl)cn2)cc1. The Morgan fingerprint density at radius 1 is 1.05 bits per heavy atom. The van der Waals surface area contributed by atoms with E-state index in [-0.39, 0.29) is 10.8 Å². The molecule has 0 atom stereocenters. The molecule has 0 bridgehead atoms. The molecule has 2 rings (SSSR count). The van der Waals surface area contributed by atoms with Crippen LogP contribution in [0.3, 0.4) is 0 Å². The highest BCUT2D eigenvalue weighted by atomic mass is 35.7. The van der Waals surface area contributed by atoms with Gasteiger partial charge in [-0.25, -0.2) is 13.4 Å². The van der Waals surface area contributed by atoms with Gasteiger partial charge in [0.1, 0.15) is 16.4 Å². The molecule has 5 nitrogen and oxygen atoms in total. The fraction of sp³-hybridized carbons (Fsp3) is 0.0833. The van der Waals surface area contributed by atoms with Gasteiger partial charge >= 0.3 is 0 Å². The lowest BCUT2D eigenvalue weighted by atomic mass is 10.3. The van der Waals surface area contributed by atoms with E-state index in [0.29, 0.717) is 11.5 Å². The predicted octanol–water partition coefficient (Wildman–Crippen LogP) is 2.81. The number of methoxy groups -OCH3 is 1. The first-order valence-corrected chi connectivity index (χ1v) is 7.52. The van der Waals surface area contributed by atoms with Crippen molar-refractivity contribution in [2.24, 2.45) is 0 Å². The zero-order chi connectivity index (χ0) is 13.9. The molecule has 0 amide bonds. The van der Waals surface area contributed by atoms with Crippen LogP contribution in [0.15, 0.2) is 47.5 Å². The van der Waals surface area contributed by atoms with Gasteiger partial charge in [0, 0.05) is 16.7 Å². The zero-order valence-corrected chi connectivity index (χ0v) is 11.5. The normalized spacial score (nSPS) is 11.1. The average molecular weight is 300 g/mol. The van der Waals surface area contributed by atoms with E-state index in [0.717, 1.165) is 6.20 Å². The maximum atomic E-state index is 11.0. The maximum Gasteiger partial charge on any atom is 0.262 e. The van der Waals surface area contributed by atoms with Gasteiger partial charge in [0.05, 0.1) is 13.3 Å². The second kappa shape index (κ2) is 5.46. The average Bonchev–Trinajstić information content (AvgIpc) is 2.39. The van der Waals surface area contributed by atoms with E-state index in [1.165, 1.54) is 12.1 Å². The van der Waals surface area contributed by atoms with E-state index in [1.54, 1.807) is 31.4 Å². The number of aromatic nitrogens is 1. The Bertz CT molecular complexity index is 653. The fourth-order valence-corrected chi connectivity index (χ4v) is 2.02. The number of hydrogen-bond donors (Lipinski definition) is 0. The highest BCUT2D eigenvalue weighted by molar-refractivity contribution is 8.13. The smallest absolute Gasteiger partial charge is 0.262 e. The largest absolute Gasteiger partial charge is 0.497 e. The molecule has 0 aliphatic rings. The Morgan fingerprint density at radius 2 is 1.68 bits per heavy atom. The highest BCUT2D eigenvalue weighted by Crippen LogP contribution is 2.23. The van der Waals surface area contributed by atoms with Crippen LogP contribution in [0.1, 0.15) is 0 Å².